The molecule has 2 amide bonds. The van der Waals surface area contributed by atoms with Crippen molar-refractivity contribution in [1.29, 1.82) is 0 Å². The molecule has 1 saturated heterocycles. The standard InChI is InChI=1S/C33H32ClFN6O3/c1-39-13-3-2-12-37-18-27-26(8-5-9-29(27)36)21-6-4-7-24(14-21)44-25-16-31(33(39)43)40(20-25)32(42)22-17-38-41(19-22)30-11-10-23(35)15-28(30)34/h4-11,14-15,17-19,25,31H,2-3,12-13,16,20,36H2,1H3. The maximum Gasteiger partial charge on any atom is 0.257 e. The van der Waals surface area contributed by atoms with Gasteiger partial charge in [-0.2, -0.15) is 5.10 Å². The van der Waals surface area contributed by atoms with Gasteiger partial charge in [0.1, 0.15) is 23.7 Å². The number of aromatic nitrogens is 2. The van der Waals surface area contributed by atoms with E-state index >= 15 is 0 Å². The van der Waals surface area contributed by atoms with Crippen molar-refractivity contribution in [2.75, 3.05) is 32.4 Å². The number of hydrogen-bond acceptors (Lipinski definition) is 6. The molecule has 2 unspecified atom stereocenters. The van der Waals surface area contributed by atoms with E-state index in [1.165, 1.54) is 35.3 Å². The Balaban J connectivity index is 1.31. The molecule has 6 rings (SSSR count). The van der Waals surface area contributed by atoms with Crippen LogP contribution < -0.4 is 10.5 Å². The lowest BCUT2D eigenvalue weighted by molar-refractivity contribution is -0.134. The van der Waals surface area contributed by atoms with Gasteiger partial charge in [-0.05, 0) is 60.4 Å². The number of nitrogens with two attached hydrogens (primary N) is 1. The summed E-state index contributed by atoms with van der Waals surface area (Å²) in [7, 11) is 1.76. The number of fused-ring (bicyclic) bond motifs is 6. The first-order chi connectivity index (χ1) is 21.3. The highest BCUT2D eigenvalue weighted by Gasteiger charge is 2.42. The largest absolute Gasteiger partial charge is 0.488 e. The van der Waals surface area contributed by atoms with Crippen LogP contribution in [0.25, 0.3) is 16.8 Å². The highest BCUT2D eigenvalue weighted by Crippen LogP contribution is 2.32. The molecule has 2 aliphatic heterocycles. The van der Waals surface area contributed by atoms with Crippen LogP contribution in [0.2, 0.25) is 5.02 Å². The highest BCUT2D eigenvalue weighted by atomic mass is 35.5. The van der Waals surface area contributed by atoms with E-state index in [2.05, 4.69) is 10.1 Å². The van der Waals surface area contributed by atoms with E-state index in [1.54, 1.807) is 16.8 Å². The summed E-state index contributed by atoms with van der Waals surface area (Å²) >= 11 is 6.22. The molecule has 2 N–H and O–H groups in total. The average molecular weight is 615 g/mol. The number of carbonyl (C=O) groups is 2. The molecule has 0 aliphatic carbocycles. The van der Waals surface area contributed by atoms with Crippen molar-refractivity contribution in [1.82, 2.24) is 19.6 Å². The van der Waals surface area contributed by atoms with E-state index in [-0.39, 0.29) is 28.9 Å². The second-order valence-electron chi connectivity index (χ2n) is 11.1. The van der Waals surface area contributed by atoms with Crippen LogP contribution in [0.15, 0.2) is 78.0 Å². The quantitative estimate of drug-likeness (QED) is 0.311. The van der Waals surface area contributed by atoms with Crippen molar-refractivity contribution in [3.63, 3.8) is 0 Å². The minimum absolute atomic E-state index is 0.153. The number of ether oxygens (including phenoxy) is 1. The zero-order valence-corrected chi connectivity index (χ0v) is 25.0. The number of halogens is 2. The van der Waals surface area contributed by atoms with Gasteiger partial charge in [-0.25, -0.2) is 9.07 Å². The number of amides is 2. The molecule has 1 aromatic heterocycles. The summed E-state index contributed by atoms with van der Waals surface area (Å²) in [6.07, 6.45) is 6.24. The third kappa shape index (κ3) is 6.03. The summed E-state index contributed by atoms with van der Waals surface area (Å²) in [5.74, 6) is -0.358. The Labute approximate surface area is 259 Å². The van der Waals surface area contributed by atoms with Gasteiger partial charge in [-0.3, -0.25) is 14.6 Å². The molecule has 2 atom stereocenters. The number of aliphatic imine (C=N–C) groups is 1. The van der Waals surface area contributed by atoms with Gasteiger partial charge in [-0.1, -0.05) is 35.9 Å². The van der Waals surface area contributed by atoms with E-state index in [1.807, 2.05) is 48.7 Å². The topological polar surface area (TPSA) is 106 Å². The van der Waals surface area contributed by atoms with Crippen LogP contribution >= 0.6 is 11.6 Å². The van der Waals surface area contributed by atoms with E-state index < -0.39 is 18.0 Å². The minimum atomic E-state index is -0.715. The lowest BCUT2D eigenvalue weighted by Crippen LogP contribution is -2.46. The number of hydrogen-bond donors (Lipinski definition) is 1. The SMILES string of the molecule is CN1CCCCN=Cc2c(N)cccc2-c2cccc(c2)OC2CC(C1=O)N(C(=O)c1cnn(-c3ccc(F)cc3Cl)c1)C2. The highest BCUT2D eigenvalue weighted by molar-refractivity contribution is 6.32. The first kappa shape index (κ1) is 29.4. The molecule has 11 heteroatoms. The molecule has 0 saturated carbocycles. The van der Waals surface area contributed by atoms with Crippen LogP contribution in [-0.2, 0) is 4.79 Å². The van der Waals surface area contributed by atoms with Gasteiger partial charge >= 0.3 is 0 Å². The molecular formula is C33H32ClFN6O3. The van der Waals surface area contributed by atoms with Gasteiger partial charge in [0, 0.05) is 50.2 Å². The lowest BCUT2D eigenvalue weighted by atomic mass is 9.98. The summed E-state index contributed by atoms with van der Waals surface area (Å²) < 4.78 is 21.4. The first-order valence-electron chi connectivity index (χ1n) is 14.5. The molecule has 9 nitrogen and oxygen atoms in total. The predicted octanol–water partition coefficient (Wildman–Crippen LogP) is 5.25. The van der Waals surface area contributed by atoms with E-state index in [0.29, 0.717) is 36.6 Å². The first-order valence-corrected chi connectivity index (χ1v) is 14.9. The Hall–Kier alpha value is -4.70. The van der Waals surface area contributed by atoms with Gasteiger partial charge in [0.05, 0.1) is 29.0 Å². The lowest BCUT2D eigenvalue weighted by Gasteiger charge is -2.27. The zero-order valence-electron chi connectivity index (χ0n) is 24.2. The van der Waals surface area contributed by atoms with Crippen LogP contribution in [0.4, 0.5) is 10.1 Å². The molecule has 3 aromatic carbocycles. The third-order valence-electron chi connectivity index (χ3n) is 8.01. The van der Waals surface area contributed by atoms with Gasteiger partial charge < -0.3 is 20.3 Å². The van der Waals surface area contributed by atoms with Gasteiger partial charge in [0.2, 0.25) is 5.91 Å². The van der Waals surface area contributed by atoms with Crippen LogP contribution in [0.5, 0.6) is 5.75 Å². The molecule has 0 spiro atoms. The maximum absolute atomic E-state index is 13.9. The molecule has 1 fully saturated rings. The second kappa shape index (κ2) is 12.5. The van der Waals surface area contributed by atoms with Crippen molar-refractivity contribution in [2.45, 2.75) is 31.4 Å². The zero-order chi connectivity index (χ0) is 30.8. The van der Waals surface area contributed by atoms with Crippen LogP contribution in [0.3, 0.4) is 0 Å². The van der Waals surface area contributed by atoms with Crippen molar-refractivity contribution < 1.29 is 18.7 Å². The molecule has 0 radical (unpaired) electrons. The normalized spacial score (nSPS) is 18.9. The fraction of sp³-hybridized carbons (Fsp3) is 0.273. The Morgan fingerprint density at radius 1 is 1.11 bits per heavy atom. The van der Waals surface area contributed by atoms with Crippen molar-refractivity contribution in [2.24, 2.45) is 4.99 Å². The average Bonchev–Trinajstić information content (AvgIpc) is 3.66. The summed E-state index contributed by atoms with van der Waals surface area (Å²) in [6, 6.07) is 16.7. The number of likely N-dealkylation sites (N-methyl/N-ethyl adjacent to an activating group) is 1. The van der Waals surface area contributed by atoms with Gasteiger partial charge in [0.15, 0.2) is 0 Å². The molecule has 44 heavy (non-hydrogen) atoms. The summed E-state index contributed by atoms with van der Waals surface area (Å²) in [4.78, 5) is 35.4. The van der Waals surface area contributed by atoms with Crippen LogP contribution in [-0.4, -0.2) is 76.4 Å². The Bertz CT molecular complexity index is 1740. The Kier molecular flexibility index (Phi) is 8.34. The fourth-order valence-corrected chi connectivity index (χ4v) is 5.97. The molecule has 2 aliphatic rings. The summed E-state index contributed by atoms with van der Waals surface area (Å²) in [6.45, 7) is 1.34. The van der Waals surface area contributed by atoms with E-state index in [9.17, 15) is 14.0 Å². The van der Waals surface area contributed by atoms with Crippen molar-refractivity contribution >= 4 is 35.3 Å². The monoisotopic (exact) mass is 614 g/mol. The van der Waals surface area contributed by atoms with Crippen LogP contribution in [0, 0.1) is 5.82 Å². The van der Waals surface area contributed by atoms with Gasteiger partial charge in [0.25, 0.3) is 5.91 Å². The molecular weight excluding hydrogens is 583 g/mol. The number of carbonyl (C=O) groups excluding carboxylic acids is 2. The predicted molar refractivity (Wildman–Crippen MR) is 168 cm³/mol. The van der Waals surface area contributed by atoms with Gasteiger partial charge in [-0.15, -0.1) is 0 Å². The number of nitrogens with zero attached hydrogens (tertiary/aromatic N) is 5. The van der Waals surface area contributed by atoms with Crippen molar-refractivity contribution in [3.8, 4) is 22.6 Å². The molecule has 3 heterocycles. The number of rotatable bonds is 2. The molecule has 4 bridgehead atoms. The fourth-order valence-electron chi connectivity index (χ4n) is 5.72. The maximum atomic E-state index is 13.9. The van der Waals surface area contributed by atoms with E-state index in [4.69, 9.17) is 22.1 Å². The number of likely N-dealkylation sites (tertiary alicyclic amines) is 1. The smallest absolute Gasteiger partial charge is 0.257 e. The summed E-state index contributed by atoms with van der Waals surface area (Å²) in [5.41, 5.74) is 10.4. The molecule has 226 valence electrons. The Morgan fingerprint density at radius 2 is 1.95 bits per heavy atom. The molecule has 4 aromatic rings. The van der Waals surface area contributed by atoms with Crippen LogP contribution in [0.1, 0.15) is 35.2 Å². The summed E-state index contributed by atoms with van der Waals surface area (Å²) in [5, 5.41) is 4.45. The van der Waals surface area contributed by atoms with E-state index in [0.717, 1.165) is 29.5 Å². The third-order valence-corrected chi connectivity index (χ3v) is 8.31. The second-order valence-corrected chi connectivity index (χ2v) is 11.5. The number of benzene rings is 3. The minimum Gasteiger partial charge on any atom is -0.488 e. The van der Waals surface area contributed by atoms with Crippen molar-refractivity contribution in [3.05, 3.63) is 95.0 Å². The number of anilines is 1. The Morgan fingerprint density at radius 3 is 2.80 bits per heavy atom. The number of nitrogen functional groups attached to an aromatic ring is 1.